The lowest BCUT2D eigenvalue weighted by Gasteiger charge is -2.18. The summed E-state index contributed by atoms with van der Waals surface area (Å²) in [5.74, 6) is 2.14. The zero-order valence-electron chi connectivity index (χ0n) is 9.76. The van der Waals surface area contributed by atoms with E-state index >= 15 is 0 Å². The summed E-state index contributed by atoms with van der Waals surface area (Å²) in [5.41, 5.74) is 0. The number of hydrogen-bond donors (Lipinski definition) is 0. The molecule has 0 heterocycles. The van der Waals surface area contributed by atoms with Gasteiger partial charge in [0.15, 0.2) is 0 Å². The maximum absolute atomic E-state index is 2.39. The summed E-state index contributed by atoms with van der Waals surface area (Å²) in [5, 5.41) is 0. The molecular weight excluding hydrogens is 182 g/mol. The minimum absolute atomic E-state index is 0.663. The van der Waals surface area contributed by atoms with E-state index in [1.807, 2.05) is 0 Å². The van der Waals surface area contributed by atoms with Crippen molar-refractivity contribution in [2.24, 2.45) is 17.8 Å². The summed E-state index contributed by atoms with van der Waals surface area (Å²) in [6.07, 6.45) is 16.7. The molecule has 0 bridgehead atoms. The molecule has 0 unspecified atom stereocenters. The Balaban J connectivity index is 1.71. The molecule has 0 aromatic heterocycles. The fourth-order valence-corrected chi connectivity index (χ4v) is 2.01. The van der Waals surface area contributed by atoms with Crippen LogP contribution in [0.1, 0.15) is 12.8 Å². The third-order valence-electron chi connectivity index (χ3n) is 3.13. The number of nitrogens with zero attached hydrogens (tertiary/aromatic N) is 1. The Morgan fingerprint density at radius 2 is 1.27 bits per heavy atom. The monoisotopic (exact) mass is 203 g/mol. The SMILES string of the molecule is CN(C)CCC1C=CC(CC2C=C2)C=C1. The van der Waals surface area contributed by atoms with Gasteiger partial charge in [0.25, 0.3) is 0 Å². The van der Waals surface area contributed by atoms with Gasteiger partial charge in [-0.25, -0.2) is 0 Å². The zero-order valence-corrected chi connectivity index (χ0v) is 9.76. The molecule has 0 aromatic carbocycles. The second-order valence-corrected chi connectivity index (χ2v) is 4.97. The van der Waals surface area contributed by atoms with Crippen molar-refractivity contribution >= 4 is 0 Å². The van der Waals surface area contributed by atoms with Crippen LogP contribution in [-0.2, 0) is 0 Å². The highest BCUT2D eigenvalue weighted by atomic mass is 15.0. The van der Waals surface area contributed by atoms with Crippen LogP contribution < -0.4 is 0 Å². The Morgan fingerprint density at radius 1 is 0.800 bits per heavy atom. The molecule has 0 radical (unpaired) electrons. The molecule has 0 aromatic rings. The van der Waals surface area contributed by atoms with E-state index in [0.717, 1.165) is 5.92 Å². The molecule has 0 spiro atoms. The van der Waals surface area contributed by atoms with Crippen LogP contribution in [0.2, 0.25) is 0 Å². The van der Waals surface area contributed by atoms with E-state index in [2.05, 4.69) is 55.5 Å². The van der Waals surface area contributed by atoms with Gasteiger partial charge in [0.05, 0.1) is 0 Å². The summed E-state index contributed by atoms with van der Waals surface area (Å²) in [7, 11) is 4.27. The first-order chi connectivity index (χ1) is 7.24. The second kappa shape index (κ2) is 4.80. The van der Waals surface area contributed by atoms with E-state index in [0.29, 0.717) is 11.8 Å². The van der Waals surface area contributed by atoms with Crippen LogP contribution in [0.4, 0.5) is 0 Å². The Morgan fingerprint density at radius 3 is 1.73 bits per heavy atom. The molecule has 0 fully saturated rings. The van der Waals surface area contributed by atoms with Crippen molar-refractivity contribution in [3.05, 3.63) is 36.5 Å². The molecule has 2 aliphatic rings. The van der Waals surface area contributed by atoms with Crippen molar-refractivity contribution in [3.8, 4) is 0 Å². The molecule has 0 saturated heterocycles. The van der Waals surface area contributed by atoms with Gasteiger partial charge in [0.2, 0.25) is 0 Å². The first-order valence-electron chi connectivity index (χ1n) is 5.94. The predicted molar refractivity (Wildman–Crippen MR) is 65.7 cm³/mol. The lowest BCUT2D eigenvalue weighted by atomic mass is 9.90. The molecule has 0 N–H and O–H groups in total. The van der Waals surface area contributed by atoms with Crippen LogP contribution in [0.25, 0.3) is 0 Å². The van der Waals surface area contributed by atoms with Gasteiger partial charge in [-0.05, 0) is 51.2 Å². The van der Waals surface area contributed by atoms with Gasteiger partial charge < -0.3 is 4.90 Å². The van der Waals surface area contributed by atoms with Gasteiger partial charge in [0, 0.05) is 0 Å². The highest BCUT2D eigenvalue weighted by Crippen LogP contribution is 2.29. The van der Waals surface area contributed by atoms with E-state index in [1.165, 1.54) is 19.4 Å². The molecule has 0 amide bonds. The van der Waals surface area contributed by atoms with Gasteiger partial charge in [-0.15, -0.1) is 0 Å². The van der Waals surface area contributed by atoms with Crippen LogP contribution in [0.5, 0.6) is 0 Å². The van der Waals surface area contributed by atoms with E-state index in [-0.39, 0.29) is 0 Å². The molecule has 15 heavy (non-hydrogen) atoms. The van der Waals surface area contributed by atoms with Crippen molar-refractivity contribution in [3.63, 3.8) is 0 Å². The highest BCUT2D eigenvalue weighted by molar-refractivity contribution is 5.19. The zero-order chi connectivity index (χ0) is 10.7. The Labute approximate surface area is 93.2 Å². The summed E-state index contributed by atoms with van der Waals surface area (Å²) >= 11 is 0. The Hall–Kier alpha value is -0.820. The summed E-state index contributed by atoms with van der Waals surface area (Å²) in [6.45, 7) is 1.17. The van der Waals surface area contributed by atoms with Gasteiger partial charge in [-0.3, -0.25) is 0 Å². The maximum Gasteiger partial charge on any atom is -0.00162 e. The first kappa shape index (κ1) is 10.7. The molecule has 2 aliphatic carbocycles. The predicted octanol–water partition coefficient (Wildman–Crippen LogP) is 2.87. The van der Waals surface area contributed by atoms with Gasteiger partial charge in [-0.1, -0.05) is 36.5 Å². The minimum atomic E-state index is 0.663. The molecule has 2 rings (SSSR count). The lowest BCUT2D eigenvalue weighted by molar-refractivity contribution is 0.386. The molecule has 0 saturated carbocycles. The van der Waals surface area contributed by atoms with Gasteiger partial charge >= 0.3 is 0 Å². The van der Waals surface area contributed by atoms with E-state index in [1.54, 1.807) is 0 Å². The molecule has 82 valence electrons. The maximum atomic E-state index is 2.39. The van der Waals surface area contributed by atoms with E-state index in [9.17, 15) is 0 Å². The van der Waals surface area contributed by atoms with Crippen molar-refractivity contribution < 1.29 is 0 Å². The van der Waals surface area contributed by atoms with Crippen molar-refractivity contribution in [1.29, 1.82) is 0 Å². The fraction of sp³-hybridized carbons (Fsp3) is 0.571. The number of rotatable bonds is 5. The van der Waals surface area contributed by atoms with Crippen LogP contribution >= 0.6 is 0 Å². The summed E-state index contributed by atoms with van der Waals surface area (Å²) < 4.78 is 0. The van der Waals surface area contributed by atoms with Crippen molar-refractivity contribution in [2.45, 2.75) is 12.8 Å². The largest absolute Gasteiger partial charge is 0.309 e. The van der Waals surface area contributed by atoms with E-state index < -0.39 is 0 Å². The van der Waals surface area contributed by atoms with Crippen LogP contribution in [0.15, 0.2) is 36.5 Å². The summed E-state index contributed by atoms with van der Waals surface area (Å²) in [6, 6.07) is 0. The van der Waals surface area contributed by atoms with Crippen LogP contribution in [0, 0.1) is 17.8 Å². The fourth-order valence-electron chi connectivity index (χ4n) is 2.01. The quantitative estimate of drug-likeness (QED) is 0.621. The third-order valence-corrected chi connectivity index (χ3v) is 3.13. The Bertz CT molecular complexity index is 266. The molecule has 1 heteroatoms. The lowest BCUT2D eigenvalue weighted by Crippen LogP contribution is -2.16. The van der Waals surface area contributed by atoms with Crippen molar-refractivity contribution in [1.82, 2.24) is 4.90 Å². The normalized spacial score (nSPS) is 29.0. The average Bonchev–Trinajstić information content (AvgIpc) is 3.01. The van der Waals surface area contributed by atoms with Crippen molar-refractivity contribution in [2.75, 3.05) is 20.6 Å². The molecule has 1 nitrogen and oxygen atoms in total. The number of hydrogen-bond acceptors (Lipinski definition) is 1. The summed E-state index contributed by atoms with van der Waals surface area (Å²) in [4.78, 5) is 2.25. The third kappa shape index (κ3) is 3.67. The molecule has 0 atom stereocenters. The highest BCUT2D eigenvalue weighted by Gasteiger charge is 2.17. The average molecular weight is 203 g/mol. The van der Waals surface area contributed by atoms with Crippen LogP contribution in [0.3, 0.4) is 0 Å². The molecular formula is C14H21N. The first-order valence-corrected chi connectivity index (χ1v) is 5.94. The standard InChI is InChI=1S/C14H21N/c1-15(2)10-9-12-3-5-13(6-4-12)11-14-7-8-14/h3-8,12-14H,9-11H2,1-2H3. The van der Waals surface area contributed by atoms with E-state index in [4.69, 9.17) is 0 Å². The number of allylic oxidation sites excluding steroid dienone is 6. The second-order valence-electron chi connectivity index (χ2n) is 4.97. The minimum Gasteiger partial charge on any atom is -0.309 e. The van der Waals surface area contributed by atoms with Gasteiger partial charge in [-0.2, -0.15) is 0 Å². The molecule has 0 aliphatic heterocycles. The Kier molecular flexibility index (Phi) is 3.42. The smallest absolute Gasteiger partial charge is 0.00162 e. The van der Waals surface area contributed by atoms with Gasteiger partial charge in [0.1, 0.15) is 0 Å². The topological polar surface area (TPSA) is 3.24 Å². The van der Waals surface area contributed by atoms with Crippen LogP contribution in [-0.4, -0.2) is 25.5 Å².